The number of ether oxygens (including phenoxy) is 2. The lowest BCUT2D eigenvalue weighted by Crippen LogP contribution is -2.35. The molecule has 8 heteroatoms. The van der Waals surface area contributed by atoms with Gasteiger partial charge < -0.3 is 30.1 Å². The average Bonchev–Trinajstić information content (AvgIpc) is 3.57. The molecule has 1 unspecified atom stereocenters. The van der Waals surface area contributed by atoms with Crippen molar-refractivity contribution in [3.8, 4) is 11.5 Å². The van der Waals surface area contributed by atoms with Gasteiger partial charge in [-0.3, -0.25) is 5.32 Å². The Labute approximate surface area is 234 Å². The molecule has 1 aromatic rings. The van der Waals surface area contributed by atoms with Gasteiger partial charge in [0.25, 0.3) is 0 Å². The molecule has 6 N–H and O–H groups in total. The number of nitrogens with zero attached hydrogens (tertiary/aromatic N) is 1. The zero-order valence-corrected chi connectivity index (χ0v) is 24.0. The van der Waals surface area contributed by atoms with Crippen molar-refractivity contribution in [2.24, 2.45) is 10.9 Å². The number of aromatic hydroxyl groups is 1. The third-order valence-corrected chi connectivity index (χ3v) is 7.16. The number of nitrogens with one attached hydrogen (secondary N) is 2. The number of hydrogen-bond acceptors (Lipinski definition) is 7. The molecule has 0 radical (unpaired) electrons. The molecule has 2 aliphatic heterocycles. The van der Waals surface area contributed by atoms with Crippen molar-refractivity contribution in [3.05, 3.63) is 59.2 Å². The van der Waals surface area contributed by atoms with Crippen molar-refractivity contribution in [2.75, 3.05) is 32.8 Å². The summed E-state index contributed by atoms with van der Waals surface area (Å²) in [6.45, 7) is 10.6. The second-order valence-electron chi connectivity index (χ2n) is 10.6. The van der Waals surface area contributed by atoms with E-state index < -0.39 is 0 Å². The Morgan fingerprint density at radius 2 is 2.05 bits per heavy atom. The lowest BCUT2D eigenvalue weighted by Gasteiger charge is -2.19. The summed E-state index contributed by atoms with van der Waals surface area (Å²) in [5, 5.41) is 36.4. The maximum atomic E-state index is 10.5. The maximum absolute atomic E-state index is 10.5. The SMILES string of the molecule is CCCCC1[OH+][C-](CCc2ccc(O)c(OC[C@H](NCC)C3=C[C+]([C@H](C)CNC[C@H](C)O)C=N3)c2)C=C1CO. The van der Waals surface area contributed by atoms with Crippen LogP contribution in [0.15, 0.2) is 46.6 Å². The Hall–Kier alpha value is -2.49. The molecule has 0 saturated carbocycles. The van der Waals surface area contributed by atoms with Crippen LogP contribution in [0.3, 0.4) is 0 Å². The fourth-order valence-electron chi connectivity index (χ4n) is 4.82. The van der Waals surface area contributed by atoms with Gasteiger partial charge in [-0.05, 0) is 57.4 Å². The molecule has 39 heavy (non-hydrogen) atoms. The molecule has 8 nitrogen and oxygen atoms in total. The molecule has 216 valence electrons. The summed E-state index contributed by atoms with van der Waals surface area (Å²) < 4.78 is 10.9. The summed E-state index contributed by atoms with van der Waals surface area (Å²) >= 11 is 0. The molecule has 0 saturated heterocycles. The van der Waals surface area contributed by atoms with Gasteiger partial charge in [0, 0.05) is 26.1 Å². The number of aliphatic hydroxyl groups excluding tert-OH is 2. The largest absolute Gasteiger partial charge is 0.504 e. The summed E-state index contributed by atoms with van der Waals surface area (Å²) in [7, 11) is 0. The van der Waals surface area contributed by atoms with Gasteiger partial charge in [0.2, 0.25) is 0 Å². The number of hydrogen-bond donors (Lipinski definition) is 5. The van der Waals surface area contributed by atoms with Gasteiger partial charge >= 0.3 is 0 Å². The third kappa shape index (κ3) is 9.58. The van der Waals surface area contributed by atoms with Crippen LogP contribution < -0.4 is 15.4 Å². The first-order valence-electron chi connectivity index (χ1n) is 14.4. The normalized spacial score (nSPS) is 19.3. The van der Waals surface area contributed by atoms with Crippen molar-refractivity contribution in [1.82, 2.24) is 10.6 Å². The highest BCUT2D eigenvalue weighted by atomic mass is 16.5. The number of benzene rings is 1. The Bertz CT molecular complexity index is 977. The molecule has 3 rings (SSSR count). The summed E-state index contributed by atoms with van der Waals surface area (Å²) in [6, 6.07) is 5.39. The minimum atomic E-state index is -0.369. The molecule has 0 aromatic heterocycles. The van der Waals surface area contributed by atoms with Crippen molar-refractivity contribution < 1.29 is 24.8 Å². The maximum Gasteiger partial charge on any atom is 0.196 e. The van der Waals surface area contributed by atoms with Gasteiger partial charge in [-0.15, -0.1) is 16.6 Å². The van der Waals surface area contributed by atoms with Crippen molar-refractivity contribution in [2.45, 2.75) is 78.0 Å². The average molecular weight is 543 g/mol. The molecule has 2 heterocycles. The number of allylic oxidation sites excluding steroid dienone is 1. The monoisotopic (exact) mass is 542 g/mol. The van der Waals surface area contributed by atoms with E-state index in [1.165, 1.54) is 0 Å². The van der Waals surface area contributed by atoms with Gasteiger partial charge in [-0.2, -0.15) is 0 Å². The summed E-state index contributed by atoms with van der Waals surface area (Å²) in [5.74, 6) is 1.98. The molecular weight excluding hydrogens is 494 g/mol. The van der Waals surface area contributed by atoms with Crippen LogP contribution in [0.1, 0.15) is 58.9 Å². The molecule has 2 aliphatic rings. The van der Waals surface area contributed by atoms with E-state index in [0.29, 0.717) is 18.9 Å². The second kappa shape index (κ2) is 15.9. The standard InChI is InChI=1S/C31H47N3O5/c1-5-7-8-30-25(19-35)14-26(39-30)11-9-23-10-12-29(37)31(13-23)38-20-28(33-6-2)27-15-24(18-34-27)21(3)16-32-17-22(4)36/h10,12-15,18,21-22,28,30,32-33,35-36,39H,5-9,11,16-17,19-20H2,1-4H3/p+1/t21-,22+,28+,30?/m1/s1. The van der Waals surface area contributed by atoms with Gasteiger partial charge in [0.05, 0.1) is 18.1 Å². The van der Waals surface area contributed by atoms with Crippen LogP contribution in [0.4, 0.5) is 0 Å². The summed E-state index contributed by atoms with van der Waals surface area (Å²) in [6.07, 6.45) is 11.6. The number of phenolic OH excluding ortho intramolecular Hbond substituents is 1. The van der Waals surface area contributed by atoms with Gasteiger partial charge in [-0.25, -0.2) is 0 Å². The van der Waals surface area contributed by atoms with E-state index in [0.717, 1.165) is 74.0 Å². The van der Waals surface area contributed by atoms with Crippen molar-refractivity contribution >= 4 is 6.21 Å². The molecule has 0 amide bonds. The van der Waals surface area contributed by atoms with E-state index in [9.17, 15) is 15.3 Å². The first kappa shape index (κ1) is 31.0. The predicted molar refractivity (Wildman–Crippen MR) is 157 cm³/mol. The number of rotatable bonds is 18. The van der Waals surface area contributed by atoms with E-state index >= 15 is 0 Å². The lowest BCUT2D eigenvalue weighted by molar-refractivity contribution is -0.0550. The van der Waals surface area contributed by atoms with Gasteiger partial charge in [-0.1, -0.05) is 26.3 Å². The highest BCUT2D eigenvalue weighted by Gasteiger charge is 2.32. The lowest BCUT2D eigenvalue weighted by atomic mass is 9.95. The highest BCUT2D eigenvalue weighted by Crippen LogP contribution is 2.32. The van der Waals surface area contributed by atoms with Crippen LogP contribution in [0.5, 0.6) is 11.5 Å². The van der Waals surface area contributed by atoms with E-state index in [4.69, 9.17) is 9.47 Å². The van der Waals surface area contributed by atoms with Gasteiger partial charge in [0.1, 0.15) is 30.9 Å². The van der Waals surface area contributed by atoms with Crippen LogP contribution >= 0.6 is 0 Å². The molecule has 1 aromatic carbocycles. The Morgan fingerprint density at radius 1 is 1.23 bits per heavy atom. The minimum Gasteiger partial charge on any atom is -0.504 e. The third-order valence-electron chi connectivity index (χ3n) is 7.16. The van der Waals surface area contributed by atoms with Crippen LogP contribution in [0.2, 0.25) is 0 Å². The Balaban J connectivity index is 1.55. The van der Waals surface area contributed by atoms with Crippen LogP contribution in [-0.2, 0) is 6.42 Å². The van der Waals surface area contributed by atoms with Crippen molar-refractivity contribution in [1.29, 1.82) is 0 Å². The number of aliphatic imine (C=N–C) groups is 1. The number of unbranched alkanes of at least 4 members (excludes halogenated alkanes) is 1. The zero-order chi connectivity index (χ0) is 28.2. The van der Waals surface area contributed by atoms with Crippen LogP contribution in [0.25, 0.3) is 0 Å². The van der Waals surface area contributed by atoms with Crippen LogP contribution in [0, 0.1) is 17.9 Å². The first-order valence-corrected chi connectivity index (χ1v) is 14.4. The molecule has 0 fully saturated rings. The second-order valence-corrected chi connectivity index (χ2v) is 10.6. The van der Waals surface area contributed by atoms with E-state index in [2.05, 4.69) is 35.5 Å². The number of aryl methyl sites for hydroxylation is 1. The Kier molecular flexibility index (Phi) is 12.7. The molecule has 4 atom stereocenters. The summed E-state index contributed by atoms with van der Waals surface area (Å²) in [4.78, 5) is 4.64. The number of aliphatic hydroxyl groups is 4. The predicted octanol–water partition coefficient (Wildman–Crippen LogP) is 3.38. The summed E-state index contributed by atoms with van der Waals surface area (Å²) in [5.41, 5.74) is 2.99. The molecule has 0 aliphatic carbocycles. The van der Waals surface area contributed by atoms with Crippen molar-refractivity contribution in [3.63, 3.8) is 0 Å². The Morgan fingerprint density at radius 3 is 2.77 bits per heavy atom. The minimum absolute atomic E-state index is 0.0596. The number of likely N-dealkylation sites (N-methyl/N-ethyl adjacent to an activating group) is 1. The smallest absolute Gasteiger partial charge is 0.196 e. The fourth-order valence-corrected chi connectivity index (χ4v) is 4.82. The zero-order valence-electron chi connectivity index (χ0n) is 24.0. The topological polar surface area (TPSA) is 119 Å². The van der Waals surface area contributed by atoms with E-state index in [-0.39, 0.29) is 36.5 Å². The van der Waals surface area contributed by atoms with E-state index in [1.54, 1.807) is 13.0 Å². The van der Waals surface area contributed by atoms with E-state index in [1.807, 2.05) is 31.3 Å². The molecular formula is C31H48N3O5+. The van der Waals surface area contributed by atoms with Crippen LogP contribution in [-0.4, -0.2) is 77.4 Å². The number of phenols is 1. The first-order chi connectivity index (χ1) is 18.8. The molecule has 0 bridgehead atoms. The quantitative estimate of drug-likeness (QED) is 0.143. The fraction of sp³-hybridized carbons (Fsp3) is 0.581. The highest BCUT2D eigenvalue weighted by molar-refractivity contribution is 5.83. The molecule has 0 spiro atoms. The van der Waals surface area contributed by atoms with Gasteiger partial charge in [0.15, 0.2) is 23.2 Å².